The van der Waals surface area contributed by atoms with E-state index in [9.17, 15) is 0 Å². The Hall–Kier alpha value is -7.08. The van der Waals surface area contributed by atoms with Crippen LogP contribution in [0.2, 0.25) is 0 Å². The van der Waals surface area contributed by atoms with Gasteiger partial charge in [0.05, 0.1) is 16.6 Å². The lowest BCUT2D eigenvalue weighted by molar-refractivity contribution is 0.590. The first-order chi connectivity index (χ1) is 30.5. The molecule has 4 nitrogen and oxygen atoms in total. The summed E-state index contributed by atoms with van der Waals surface area (Å²) in [7, 11) is 0. The first kappa shape index (κ1) is 37.7. The van der Waals surface area contributed by atoms with Gasteiger partial charge in [0.2, 0.25) is 5.71 Å². The Labute approximate surface area is 371 Å². The van der Waals surface area contributed by atoms with Crippen molar-refractivity contribution in [3.05, 3.63) is 187 Å². The topological polar surface area (TPSA) is 24.0 Å². The Morgan fingerprint density at radius 2 is 1.02 bits per heavy atom. The van der Waals surface area contributed by atoms with Gasteiger partial charge in [0.15, 0.2) is 0 Å². The van der Waals surface area contributed by atoms with Crippen molar-refractivity contribution < 1.29 is 4.42 Å². The maximum absolute atomic E-state index is 6.92. The molecule has 8 aromatic carbocycles. The van der Waals surface area contributed by atoms with Crippen LogP contribution in [0.15, 0.2) is 180 Å². The summed E-state index contributed by atoms with van der Waals surface area (Å²) in [5, 5.41) is 9.71. The van der Waals surface area contributed by atoms with Gasteiger partial charge in [-0.25, -0.2) is 0 Å². The maximum Gasteiger partial charge on any atom is 0.214 e. The van der Waals surface area contributed by atoms with Crippen molar-refractivity contribution >= 4 is 115 Å². The van der Waals surface area contributed by atoms with Crippen LogP contribution in [0.3, 0.4) is 0 Å². The molecule has 0 amide bonds. The van der Waals surface area contributed by atoms with Crippen LogP contribution in [0.25, 0.3) is 69.4 Å². The fourth-order valence-corrected chi connectivity index (χ4v) is 11.0. The Bertz CT molecular complexity index is 3680. The van der Waals surface area contributed by atoms with E-state index in [0.717, 1.165) is 56.2 Å². The Morgan fingerprint density at radius 1 is 0.444 bits per heavy atom. The van der Waals surface area contributed by atoms with Gasteiger partial charge in [0.1, 0.15) is 10.4 Å². The molecule has 0 aliphatic rings. The van der Waals surface area contributed by atoms with Crippen molar-refractivity contribution in [1.29, 1.82) is 0 Å². The Kier molecular flexibility index (Phi) is 8.20. The first-order valence-electron chi connectivity index (χ1n) is 21.9. The Morgan fingerprint density at radius 3 is 1.67 bits per heavy atom. The zero-order valence-corrected chi connectivity index (χ0v) is 37.2. The molecule has 0 spiro atoms. The lowest BCUT2D eigenvalue weighted by Gasteiger charge is -2.27. The van der Waals surface area contributed by atoms with E-state index in [1.807, 2.05) is 11.3 Å². The van der Waals surface area contributed by atoms with Crippen LogP contribution in [0, 0.1) is 0 Å². The van der Waals surface area contributed by atoms with Gasteiger partial charge in [-0.2, -0.15) is 0 Å². The van der Waals surface area contributed by atoms with Crippen molar-refractivity contribution in [3.8, 4) is 0 Å². The summed E-state index contributed by atoms with van der Waals surface area (Å²) in [6, 6.07) is 64.5. The number of rotatable bonds is 6. The molecule has 0 aliphatic carbocycles. The van der Waals surface area contributed by atoms with Crippen LogP contribution in [0.4, 0.5) is 34.1 Å². The highest BCUT2D eigenvalue weighted by Gasteiger charge is 2.29. The molecule has 12 rings (SSSR count). The van der Waals surface area contributed by atoms with E-state index in [1.54, 1.807) is 0 Å². The van der Waals surface area contributed by atoms with Crippen molar-refractivity contribution in [3.63, 3.8) is 0 Å². The third kappa shape index (κ3) is 5.87. The average molecular weight is 834 g/mol. The van der Waals surface area contributed by atoms with E-state index < -0.39 is 0 Å². The van der Waals surface area contributed by atoms with E-state index in [-0.39, 0.29) is 10.8 Å². The lowest BCUT2D eigenvalue weighted by atomic mass is 9.87. The maximum atomic E-state index is 6.92. The van der Waals surface area contributed by atoms with Crippen LogP contribution in [-0.4, -0.2) is 4.40 Å². The van der Waals surface area contributed by atoms with Gasteiger partial charge in [-0.05, 0) is 118 Å². The van der Waals surface area contributed by atoms with Crippen molar-refractivity contribution in [2.45, 2.75) is 52.4 Å². The minimum Gasteiger partial charge on any atom is -0.439 e. The minimum absolute atomic E-state index is 0.0537. The van der Waals surface area contributed by atoms with Gasteiger partial charge >= 0.3 is 0 Å². The largest absolute Gasteiger partial charge is 0.439 e. The quantitative estimate of drug-likeness (QED) is 0.167. The van der Waals surface area contributed by atoms with Crippen LogP contribution < -0.4 is 9.80 Å². The van der Waals surface area contributed by atoms with Crippen molar-refractivity contribution in [1.82, 2.24) is 4.40 Å². The lowest BCUT2D eigenvalue weighted by Crippen LogP contribution is -2.13. The van der Waals surface area contributed by atoms with Crippen molar-refractivity contribution in [2.24, 2.45) is 0 Å². The van der Waals surface area contributed by atoms with Crippen LogP contribution in [0.5, 0.6) is 0 Å². The fraction of sp³-hybridized carbons (Fsp3) is 0.138. The number of anilines is 6. The second kappa shape index (κ2) is 13.7. The van der Waals surface area contributed by atoms with E-state index in [4.69, 9.17) is 4.42 Å². The molecule has 0 aliphatic heterocycles. The molecule has 0 unspecified atom stereocenters. The molecule has 306 valence electrons. The summed E-state index contributed by atoms with van der Waals surface area (Å²) in [4.78, 5) is 5.99. The number of fused-ring (bicyclic) bond motifs is 11. The van der Waals surface area contributed by atoms with E-state index in [2.05, 4.69) is 232 Å². The number of hydrogen-bond acceptors (Lipinski definition) is 4. The summed E-state index contributed by atoms with van der Waals surface area (Å²) >= 11 is 1.86. The van der Waals surface area contributed by atoms with E-state index in [1.165, 1.54) is 58.5 Å². The minimum atomic E-state index is 0.0537. The molecule has 0 saturated carbocycles. The molecule has 63 heavy (non-hydrogen) atoms. The number of thiophene rings is 1. The predicted octanol–water partition coefficient (Wildman–Crippen LogP) is 17.5. The van der Waals surface area contributed by atoms with Gasteiger partial charge in [0, 0.05) is 60.1 Å². The highest BCUT2D eigenvalue weighted by atomic mass is 32.1. The second-order valence-corrected chi connectivity index (χ2v) is 20.1. The molecule has 0 radical (unpaired) electrons. The van der Waals surface area contributed by atoms with Crippen LogP contribution >= 0.6 is 11.3 Å². The molecule has 4 heterocycles. The highest BCUT2D eigenvalue weighted by molar-refractivity contribution is 7.26. The third-order valence-electron chi connectivity index (χ3n) is 13.0. The molecular formula is C58H47N3OS. The summed E-state index contributed by atoms with van der Waals surface area (Å²) in [6.07, 6.45) is 0. The van der Waals surface area contributed by atoms with Gasteiger partial charge < -0.3 is 14.2 Å². The summed E-state index contributed by atoms with van der Waals surface area (Å²) in [5.74, 6) is 0. The molecule has 0 bridgehead atoms. The summed E-state index contributed by atoms with van der Waals surface area (Å²) in [5.41, 5.74) is 12.5. The molecule has 0 atom stereocenters. The first-order valence-corrected chi connectivity index (χ1v) is 22.7. The highest BCUT2D eigenvalue weighted by Crippen LogP contribution is 2.53. The van der Waals surface area contributed by atoms with Gasteiger partial charge in [0.25, 0.3) is 0 Å². The number of hydrogen-bond donors (Lipinski definition) is 0. The zero-order valence-electron chi connectivity index (χ0n) is 36.4. The molecule has 4 aromatic heterocycles. The standard InChI is InChI=1S/C58H47N3OS/c1-57(2,3)38-22-27-42(28-23-38)59(40-15-9-7-10-16-40)44-26-21-36-34-47-50(35-37(36)33-44)63-56-51(47)46-31-32-48(53-52-45-19-13-14-20-49(45)62-55(52)61(56)54(46)53)60(41-17-11-8-12-18-41)43-29-24-39(25-30-43)58(4,5)6/h7-35H,1-6H3. The normalized spacial score (nSPS) is 12.6. The monoisotopic (exact) mass is 833 g/mol. The average Bonchev–Trinajstić information content (AvgIpc) is 4.02. The molecule has 0 fully saturated rings. The number of nitrogens with zero attached hydrogens (tertiary/aromatic N) is 3. The molecule has 5 heteroatoms. The predicted molar refractivity (Wildman–Crippen MR) is 271 cm³/mol. The zero-order chi connectivity index (χ0) is 42.8. The van der Waals surface area contributed by atoms with Gasteiger partial charge in [-0.15, -0.1) is 11.3 Å². The molecule has 0 N–H and O–H groups in total. The molecular weight excluding hydrogens is 787 g/mol. The second-order valence-electron chi connectivity index (χ2n) is 19.1. The van der Waals surface area contributed by atoms with Gasteiger partial charge in [-0.1, -0.05) is 133 Å². The summed E-state index contributed by atoms with van der Waals surface area (Å²) < 4.78 is 10.6. The number of para-hydroxylation sites is 3. The van der Waals surface area contributed by atoms with Crippen molar-refractivity contribution in [2.75, 3.05) is 9.80 Å². The van der Waals surface area contributed by atoms with Crippen LogP contribution in [-0.2, 0) is 10.8 Å². The van der Waals surface area contributed by atoms with E-state index in [0.29, 0.717) is 0 Å². The molecule has 12 aromatic rings. The summed E-state index contributed by atoms with van der Waals surface area (Å²) in [6.45, 7) is 13.6. The fourth-order valence-electron chi connectivity index (χ4n) is 9.80. The number of aromatic nitrogens is 1. The van der Waals surface area contributed by atoms with E-state index >= 15 is 0 Å². The SMILES string of the molecule is CC(C)(C)c1ccc(N(c2ccccc2)c2ccc3cc4c(cc3c2)sc2c4c3ccc(N(c4ccccc4)c4ccc(C(C)(C)C)cc4)c4c5c6ccccc6oc5n2c34)cc1. The van der Waals surface area contributed by atoms with Gasteiger partial charge in [-0.3, -0.25) is 4.40 Å². The number of benzene rings is 8. The number of furan rings is 1. The van der Waals surface area contributed by atoms with Crippen LogP contribution in [0.1, 0.15) is 52.7 Å². The third-order valence-corrected chi connectivity index (χ3v) is 14.1. The smallest absolute Gasteiger partial charge is 0.214 e. The molecule has 0 saturated heterocycles. The Balaban J connectivity index is 1.08.